The van der Waals surface area contributed by atoms with Gasteiger partial charge in [0.1, 0.15) is 0 Å². The largest absolute Gasteiger partial charge is 0.396 e. The molecule has 0 spiro atoms. The van der Waals surface area contributed by atoms with Gasteiger partial charge in [0.15, 0.2) is 0 Å². The Kier molecular flexibility index (Phi) is 6.02. The first-order valence-electron chi connectivity index (χ1n) is 6.34. The zero-order chi connectivity index (χ0) is 14.3. The molecular formula is C14H20N2O3. The van der Waals surface area contributed by atoms with Crippen LogP contribution in [0, 0.1) is 5.92 Å². The molecule has 0 fully saturated rings. The van der Waals surface area contributed by atoms with Crippen molar-refractivity contribution >= 4 is 23.2 Å². The number of carbonyl (C=O) groups is 2. The SMILES string of the molecule is CC(C)C(=O)Nc1cccc(NC(=O)CCCO)c1. The van der Waals surface area contributed by atoms with Crippen LogP contribution in [-0.4, -0.2) is 23.5 Å². The normalized spacial score (nSPS) is 10.3. The van der Waals surface area contributed by atoms with Crippen molar-refractivity contribution in [2.45, 2.75) is 26.7 Å². The third kappa shape index (κ3) is 5.52. The van der Waals surface area contributed by atoms with Crippen LogP contribution in [-0.2, 0) is 9.59 Å². The quantitative estimate of drug-likeness (QED) is 0.735. The highest BCUT2D eigenvalue weighted by atomic mass is 16.3. The van der Waals surface area contributed by atoms with Gasteiger partial charge in [0.05, 0.1) is 0 Å². The Bertz CT molecular complexity index is 444. The molecule has 19 heavy (non-hydrogen) atoms. The maximum Gasteiger partial charge on any atom is 0.226 e. The Hall–Kier alpha value is -1.88. The number of benzene rings is 1. The minimum absolute atomic E-state index is 0.00208. The first-order valence-corrected chi connectivity index (χ1v) is 6.34. The molecule has 3 N–H and O–H groups in total. The lowest BCUT2D eigenvalue weighted by Crippen LogP contribution is -2.18. The molecule has 0 radical (unpaired) electrons. The lowest BCUT2D eigenvalue weighted by atomic mass is 10.2. The number of rotatable bonds is 6. The fourth-order valence-corrected chi connectivity index (χ4v) is 1.42. The van der Waals surface area contributed by atoms with Crippen LogP contribution in [0.15, 0.2) is 24.3 Å². The summed E-state index contributed by atoms with van der Waals surface area (Å²) in [6.07, 6.45) is 0.717. The van der Waals surface area contributed by atoms with Crippen LogP contribution in [0.4, 0.5) is 11.4 Å². The molecule has 0 saturated heterocycles. The van der Waals surface area contributed by atoms with Crippen molar-refractivity contribution in [3.8, 4) is 0 Å². The molecule has 0 bridgehead atoms. The van der Waals surface area contributed by atoms with E-state index in [2.05, 4.69) is 10.6 Å². The summed E-state index contributed by atoms with van der Waals surface area (Å²) in [4.78, 5) is 23.1. The lowest BCUT2D eigenvalue weighted by Gasteiger charge is -2.10. The van der Waals surface area contributed by atoms with Crippen molar-refractivity contribution in [1.82, 2.24) is 0 Å². The summed E-state index contributed by atoms with van der Waals surface area (Å²) in [7, 11) is 0. The number of anilines is 2. The Morgan fingerprint density at radius 3 is 2.42 bits per heavy atom. The number of aliphatic hydroxyl groups is 1. The van der Waals surface area contributed by atoms with Crippen molar-refractivity contribution in [3.63, 3.8) is 0 Å². The zero-order valence-electron chi connectivity index (χ0n) is 11.3. The van der Waals surface area contributed by atoms with E-state index < -0.39 is 0 Å². The Balaban J connectivity index is 2.61. The molecular weight excluding hydrogens is 244 g/mol. The summed E-state index contributed by atoms with van der Waals surface area (Å²) in [6, 6.07) is 6.99. The summed E-state index contributed by atoms with van der Waals surface area (Å²) in [6.45, 7) is 3.63. The van der Waals surface area contributed by atoms with Gasteiger partial charge < -0.3 is 15.7 Å². The highest BCUT2D eigenvalue weighted by molar-refractivity contribution is 5.94. The van der Waals surface area contributed by atoms with E-state index in [1.54, 1.807) is 24.3 Å². The van der Waals surface area contributed by atoms with Gasteiger partial charge in [0, 0.05) is 30.3 Å². The van der Waals surface area contributed by atoms with Gasteiger partial charge in [0.2, 0.25) is 11.8 Å². The lowest BCUT2D eigenvalue weighted by molar-refractivity contribution is -0.119. The van der Waals surface area contributed by atoms with Gasteiger partial charge in [-0.05, 0) is 24.6 Å². The summed E-state index contributed by atoms with van der Waals surface area (Å²) in [5, 5.41) is 14.1. The molecule has 0 aliphatic heterocycles. The minimum atomic E-state index is -0.151. The third-order valence-corrected chi connectivity index (χ3v) is 2.50. The maximum atomic E-state index is 11.6. The molecule has 0 aromatic heterocycles. The van der Waals surface area contributed by atoms with Gasteiger partial charge in [0.25, 0.3) is 0 Å². The van der Waals surface area contributed by atoms with Crippen LogP contribution in [0.2, 0.25) is 0 Å². The van der Waals surface area contributed by atoms with E-state index in [0.717, 1.165) is 0 Å². The molecule has 0 aliphatic rings. The van der Waals surface area contributed by atoms with Crippen LogP contribution in [0.3, 0.4) is 0 Å². The van der Waals surface area contributed by atoms with Crippen molar-refractivity contribution in [3.05, 3.63) is 24.3 Å². The predicted molar refractivity (Wildman–Crippen MR) is 74.9 cm³/mol. The summed E-state index contributed by atoms with van der Waals surface area (Å²) >= 11 is 0. The highest BCUT2D eigenvalue weighted by Gasteiger charge is 2.08. The molecule has 1 aromatic carbocycles. The van der Waals surface area contributed by atoms with Gasteiger partial charge in [-0.2, -0.15) is 0 Å². The fraction of sp³-hybridized carbons (Fsp3) is 0.429. The second-order valence-corrected chi connectivity index (χ2v) is 4.60. The van der Waals surface area contributed by atoms with Gasteiger partial charge in [-0.3, -0.25) is 9.59 Å². The molecule has 5 heteroatoms. The van der Waals surface area contributed by atoms with Crippen molar-refractivity contribution in [1.29, 1.82) is 0 Å². The fourth-order valence-electron chi connectivity index (χ4n) is 1.42. The average Bonchev–Trinajstić information content (AvgIpc) is 2.36. The zero-order valence-corrected chi connectivity index (χ0v) is 11.3. The molecule has 0 heterocycles. The summed E-state index contributed by atoms with van der Waals surface area (Å²) < 4.78 is 0. The first-order chi connectivity index (χ1) is 9.02. The van der Waals surface area contributed by atoms with E-state index >= 15 is 0 Å². The molecule has 0 saturated carbocycles. The Morgan fingerprint density at radius 2 is 1.84 bits per heavy atom. The van der Waals surface area contributed by atoms with Crippen LogP contribution in [0.5, 0.6) is 0 Å². The maximum absolute atomic E-state index is 11.6. The molecule has 1 rings (SSSR count). The number of hydrogen-bond donors (Lipinski definition) is 3. The number of carbonyl (C=O) groups excluding carboxylic acids is 2. The topological polar surface area (TPSA) is 78.4 Å². The van der Waals surface area contributed by atoms with E-state index in [1.165, 1.54) is 0 Å². The van der Waals surface area contributed by atoms with E-state index in [4.69, 9.17) is 5.11 Å². The number of amides is 2. The molecule has 2 amide bonds. The van der Waals surface area contributed by atoms with E-state index in [-0.39, 0.29) is 30.8 Å². The van der Waals surface area contributed by atoms with Gasteiger partial charge in [-0.1, -0.05) is 19.9 Å². The second-order valence-electron chi connectivity index (χ2n) is 4.60. The van der Waals surface area contributed by atoms with Crippen LogP contribution < -0.4 is 10.6 Å². The monoisotopic (exact) mass is 264 g/mol. The van der Waals surface area contributed by atoms with Gasteiger partial charge in [-0.15, -0.1) is 0 Å². The van der Waals surface area contributed by atoms with Crippen LogP contribution in [0.25, 0.3) is 0 Å². The minimum Gasteiger partial charge on any atom is -0.396 e. The third-order valence-electron chi connectivity index (χ3n) is 2.50. The Labute approximate surface area is 113 Å². The standard InChI is InChI=1S/C14H20N2O3/c1-10(2)14(19)16-12-6-3-5-11(9-12)15-13(18)7-4-8-17/h3,5-6,9-10,17H,4,7-8H2,1-2H3,(H,15,18)(H,16,19). The van der Waals surface area contributed by atoms with Crippen LogP contribution >= 0.6 is 0 Å². The van der Waals surface area contributed by atoms with E-state index in [9.17, 15) is 9.59 Å². The number of hydrogen-bond acceptors (Lipinski definition) is 3. The van der Waals surface area contributed by atoms with Gasteiger partial charge >= 0.3 is 0 Å². The van der Waals surface area contributed by atoms with Crippen molar-refractivity contribution < 1.29 is 14.7 Å². The van der Waals surface area contributed by atoms with Gasteiger partial charge in [-0.25, -0.2) is 0 Å². The molecule has 5 nitrogen and oxygen atoms in total. The molecule has 104 valence electrons. The smallest absolute Gasteiger partial charge is 0.226 e. The second kappa shape index (κ2) is 7.53. The first kappa shape index (κ1) is 15.2. The predicted octanol–water partition coefficient (Wildman–Crippen LogP) is 1.99. The Morgan fingerprint density at radius 1 is 1.21 bits per heavy atom. The van der Waals surface area contributed by atoms with E-state index in [1.807, 2.05) is 13.8 Å². The molecule has 0 aliphatic carbocycles. The molecule has 0 unspecified atom stereocenters. The number of nitrogens with one attached hydrogen (secondary N) is 2. The molecule has 1 aromatic rings. The van der Waals surface area contributed by atoms with Crippen molar-refractivity contribution in [2.24, 2.45) is 5.92 Å². The van der Waals surface area contributed by atoms with E-state index in [0.29, 0.717) is 17.8 Å². The molecule has 0 atom stereocenters. The summed E-state index contributed by atoms with van der Waals surface area (Å²) in [5.74, 6) is -0.312. The van der Waals surface area contributed by atoms with Crippen LogP contribution in [0.1, 0.15) is 26.7 Å². The average molecular weight is 264 g/mol. The summed E-state index contributed by atoms with van der Waals surface area (Å²) in [5.41, 5.74) is 1.28. The number of aliphatic hydroxyl groups excluding tert-OH is 1. The highest BCUT2D eigenvalue weighted by Crippen LogP contribution is 2.16. The van der Waals surface area contributed by atoms with Crippen molar-refractivity contribution in [2.75, 3.05) is 17.2 Å².